The van der Waals surface area contributed by atoms with Crippen molar-refractivity contribution >= 4 is 39.5 Å². The molecule has 0 aliphatic carbocycles. The Morgan fingerprint density at radius 2 is 0.505 bits per heavy atom. The van der Waals surface area contributed by atoms with Crippen LogP contribution in [-0.2, 0) is 65.4 Å². The van der Waals surface area contributed by atoms with Crippen LogP contribution in [0.4, 0.5) is 0 Å². The summed E-state index contributed by atoms with van der Waals surface area (Å²) in [4.78, 5) is 73.0. The van der Waals surface area contributed by atoms with E-state index in [2.05, 4.69) is 41.5 Å². The van der Waals surface area contributed by atoms with E-state index in [1.807, 2.05) is 0 Å². The average Bonchev–Trinajstić information content (AvgIpc) is 0.952. The summed E-state index contributed by atoms with van der Waals surface area (Å²) in [5.74, 6) is -0.556. The maximum Gasteiger partial charge on any atom is 0.472 e. The molecule has 0 heterocycles. The molecular formula is C82H160O17P2. The number of ether oxygens (including phenoxy) is 4. The number of phosphoric ester groups is 2. The van der Waals surface area contributed by atoms with Crippen molar-refractivity contribution in [3.63, 3.8) is 0 Å². The molecule has 0 aromatic heterocycles. The van der Waals surface area contributed by atoms with Crippen LogP contribution >= 0.6 is 15.6 Å². The Bertz CT molecular complexity index is 1940. The first-order chi connectivity index (χ1) is 48.9. The zero-order chi connectivity index (χ0) is 74.2. The molecule has 0 fully saturated rings. The van der Waals surface area contributed by atoms with Gasteiger partial charge in [0.15, 0.2) is 12.2 Å². The summed E-state index contributed by atoms with van der Waals surface area (Å²) in [6.07, 6.45) is 63.8. The number of carbonyl (C=O) groups is 4. The number of unbranched alkanes of at least 4 members (excludes halogenated alkanes) is 50. The van der Waals surface area contributed by atoms with Crippen LogP contribution in [0.2, 0.25) is 0 Å². The molecular weight excluding hydrogens is 1320 g/mol. The lowest BCUT2D eigenvalue weighted by molar-refractivity contribution is -0.161. The lowest BCUT2D eigenvalue weighted by Gasteiger charge is -2.21. The second-order valence-corrected chi connectivity index (χ2v) is 33.1. The van der Waals surface area contributed by atoms with Crippen molar-refractivity contribution in [2.45, 2.75) is 452 Å². The molecule has 17 nitrogen and oxygen atoms in total. The van der Waals surface area contributed by atoms with Gasteiger partial charge in [-0.2, -0.15) is 0 Å². The Morgan fingerprint density at radius 3 is 0.752 bits per heavy atom. The minimum atomic E-state index is -4.96. The van der Waals surface area contributed by atoms with E-state index in [1.54, 1.807) is 0 Å². The van der Waals surface area contributed by atoms with Crippen molar-refractivity contribution in [2.75, 3.05) is 39.6 Å². The van der Waals surface area contributed by atoms with Crippen LogP contribution in [-0.4, -0.2) is 96.7 Å². The van der Waals surface area contributed by atoms with Crippen LogP contribution in [0.5, 0.6) is 0 Å². The molecule has 0 aliphatic rings. The van der Waals surface area contributed by atoms with Gasteiger partial charge in [-0.1, -0.05) is 382 Å². The number of hydrogen-bond donors (Lipinski definition) is 3. The molecule has 0 bridgehead atoms. The van der Waals surface area contributed by atoms with Crippen LogP contribution in [0.15, 0.2) is 0 Å². The molecule has 0 spiro atoms. The van der Waals surface area contributed by atoms with Gasteiger partial charge in [0.1, 0.15) is 19.3 Å². The summed E-state index contributed by atoms with van der Waals surface area (Å²) < 4.78 is 68.7. The number of phosphoric acid groups is 2. The molecule has 600 valence electrons. The number of esters is 4. The van der Waals surface area contributed by atoms with Crippen LogP contribution in [0.3, 0.4) is 0 Å². The van der Waals surface area contributed by atoms with Gasteiger partial charge < -0.3 is 33.8 Å². The summed E-state index contributed by atoms with van der Waals surface area (Å²) in [6, 6.07) is 0. The highest BCUT2D eigenvalue weighted by Crippen LogP contribution is 2.45. The van der Waals surface area contributed by atoms with Crippen LogP contribution in [0.25, 0.3) is 0 Å². The van der Waals surface area contributed by atoms with E-state index in [9.17, 15) is 43.2 Å². The van der Waals surface area contributed by atoms with Gasteiger partial charge in [-0.25, -0.2) is 9.13 Å². The Kier molecular flexibility index (Phi) is 72.2. The Balaban J connectivity index is 5.23. The van der Waals surface area contributed by atoms with Gasteiger partial charge in [0.2, 0.25) is 0 Å². The van der Waals surface area contributed by atoms with Gasteiger partial charge in [-0.05, 0) is 37.5 Å². The van der Waals surface area contributed by atoms with Crippen molar-refractivity contribution in [3.05, 3.63) is 0 Å². The molecule has 6 atom stereocenters. The van der Waals surface area contributed by atoms with Crippen LogP contribution in [0.1, 0.15) is 433 Å². The topological polar surface area (TPSA) is 237 Å². The highest BCUT2D eigenvalue weighted by atomic mass is 31.2. The Hall–Kier alpha value is -1.94. The van der Waals surface area contributed by atoms with E-state index >= 15 is 0 Å². The number of aliphatic hydroxyl groups excluding tert-OH is 1. The standard InChI is InChI=1S/C82H160O17P2/c1-7-10-12-14-16-18-20-22-24-30-34-37-41-45-52-58-64-79(84)92-70-77(98-81(86)67-61-55-47-43-39-35-31-28-26-25-27-29-32-36-40-44-50-56-62-74(4)5)72-96-100(88,89)94-68-76(83)69-95-101(90,91)97-73-78(71-93-80(85)65-59-53-49-48-51-57-63-75(6)9-3)99-82(87)66-60-54-46-42-38-33-23-21-19-17-15-13-11-8-2/h74-78,83H,7-73H2,1-6H3,(H,88,89)(H,90,91)/t75?,76-,77-,78-/m1/s1. The van der Waals surface area contributed by atoms with E-state index in [0.717, 1.165) is 108 Å². The molecule has 19 heteroatoms. The van der Waals surface area contributed by atoms with Gasteiger partial charge in [0.25, 0.3) is 0 Å². The molecule has 0 rings (SSSR count). The van der Waals surface area contributed by atoms with Gasteiger partial charge in [0, 0.05) is 25.7 Å². The van der Waals surface area contributed by atoms with Gasteiger partial charge in [0.05, 0.1) is 26.4 Å². The molecule has 3 N–H and O–H groups in total. The molecule has 0 aliphatic heterocycles. The monoisotopic (exact) mass is 1480 g/mol. The SMILES string of the molecule is CCCCCCCCCCCCCCCCCCC(=O)OC[C@H](COP(=O)(O)OC[C@@H](O)COP(=O)(O)OC[C@@H](COC(=O)CCCCCCCCC(C)CC)OC(=O)CCCCCCCCCCCCCCCC)OC(=O)CCCCCCCCCCCCCCCCCCCCC(C)C. The van der Waals surface area contributed by atoms with E-state index in [0.29, 0.717) is 25.7 Å². The third-order valence-corrected chi connectivity index (χ3v) is 21.5. The fraction of sp³-hybridized carbons (Fsp3) is 0.951. The van der Waals surface area contributed by atoms with Gasteiger partial charge in [-0.15, -0.1) is 0 Å². The molecule has 0 saturated carbocycles. The van der Waals surface area contributed by atoms with Crippen molar-refractivity contribution in [2.24, 2.45) is 11.8 Å². The summed E-state index contributed by atoms with van der Waals surface area (Å²) in [6.45, 7) is 9.64. The molecule has 0 saturated heterocycles. The predicted octanol–water partition coefficient (Wildman–Crippen LogP) is 24.7. The minimum Gasteiger partial charge on any atom is -0.462 e. The van der Waals surface area contributed by atoms with E-state index in [1.165, 1.54) is 244 Å². The van der Waals surface area contributed by atoms with Crippen LogP contribution < -0.4 is 0 Å². The molecule has 0 aromatic rings. The van der Waals surface area contributed by atoms with E-state index in [-0.39, 0.29) is 25.7 Å². The molecule has 0 radical (unpaired) electrons. The zero-order valence-electron chi connectivity index (χ0n) is 66.2. The summed E-state index contributed by atoms with van der Waals surface area (Å²) in [5, 5.41) is 10.6. The predicted molar refractivity (Wildman–Crippen MR) is 414 cm³/mol. The third kappa shape index (κ3) is 74.7. The zero-order valence-corrected chi connectivity index (χ0v) is 68.0. The van der Waals surface area contributed by atoms with E-state index in [4.69, 9.17) is 37.0 Å². The lowest BCUT2D eigenvalue weighted by Crippen LogP contribution is -2.30. The van der Waals surface area contributed by atoms with Crippen molar-refractivity contribution in [1.29, 1.82) is 0 Å². The highest BCUT2D eigenvalue weighted by Gasteiger charge is 2.30. The largest absolute Gasteiger partial charge is 0.472 e. The molecule has 3 unspecified atom stereocenters. The lowest BCUT2D eigenvalue weighted by atomic mass is 10.00. The Labute approximate surface area is 619 Å². The first-order valence-electron chi connectivity index (χ1n) is 42.5. The maximum absolute atomic E-state index is 13.1. The van der Waals surface area contributed by atoms with Crippen LogP contribution in [0, 0.1) is 11.8 Å². The first-order valence-corrected chi connectivity index (χ1v) is 45.5. The second-order valence-electron chi connectivity index (χ2n) is 30.2. The molecule has 101 heavy (non-hydrogen) atoms. The second kappa shape index (κ2) is 73.6. The quantitative estimate of drug-likeness (QED) is 0.0222. The van der Waals surface area contributed by atoms with Gasteiger partial charge >= 0.3 is 39.5 Å². The van der Waals surface area contributed by atoms with Crippen molar-refractivity contribution < 1.29 is 80.2 Å². The van der Waals surface area contributed by atoms with Crippen molar-refractivity contribution in [3.8, 4) is 0 Å². The summed E-state index contributed by atoms with van der Waals surface area (Å²) in [7, 11) is -9.92. The minimum absolute atomic E-state index is 0.107. The summed E-state index contributed by atoms with van der Waals surface area (Å²) in [5.41, 5.74) is 0. The normalized spacial score (nSPS) is 14.2. The third-order valence-electron chi connectivity index (χ3n) is 19.6. The highest BCUT2D eigenvalue weighted by molar-refractivity contribution is 7.47. The smallest absolute Gasteiger partial charge is 0.462 e. The maximum atomic E-state index is 13.1. The number of aliphatic hydroxyl groups is 1. The number of carbonyl (C=O) groups excluding carboxylic acids is 4. The molecule has 0 amide bonds. The first kappa shape index (κ1) is 99.1. The van der Waals surface area contributed by atoms with Crippen molar-refractivity contribution in [1.82, 2.24) is 0 Å². The fourth-order valence-corrected chi connectivity index (χ4v) is 14.3. The van der Waals surface area contributed by atoms with Gasteiger partial charge in [-0.3, -0.25) is 37.3 Å². The molecule has 0 aromatic carbocycles. The Morgan fingerprint density at radius 1 is 0.287 bits per heavy atom. The fourth-order valence-electron chi connectivity index (χ4n) is 12.7. The number of rotatable bonds is 81. The number of hydrogen-bond acceptors (Lipinski definition) is 15. The van der Waals surface area contributed by atoms with E-state index < -0.39 is 97.5 Å². The average molecular weight is 1480 g/mol. The summed E-state index contributed by atoms with van der Waals surface area (Å²) >= 11 is 0.